The SMILES string of the molecule is CC1CCN(C(CNC(=O)C(C)C)c2ccccc2)CC1. The van der Waals surface area contributed by atoms with Gasteiger partial charge < -0.3 is 5.32 Å². The standard InChI is InChI=1S/C18H28N2O/c1-14(2)18(21)19-13-17(16-7-5-4-6-8-16)20-11-9-15(3)10-12-20/h4-8,14-15,17H,9-13H2,1-3H3,(H,19,21). The normalized spacial score (nSPS) is 18.7. The van der Waals surface area contributed by atoms with Crippen LogP contribution in [0.15, 0.2) is 30.3 Å². The summed E-state index contributed by atoms with van der Waals surface area (Å²) in [5, 5.41) is 3.11. The number of amides is 1. The highest BCUT2D eigenvalue weighted by Crippen LogP contribution is 2.26. The predicted octanol–water partition coefficient (Wildman–Crippen LogP) is 3.23. The zero-order valence-electron chi connectivity index (χ0n) is 13.5. The number of benzene rings is 1. The average molecular weight is 288 g/mol. The van der Waals surface area contributed by atoms with E-state index in [9.17, 15) is 4.79 Å². The van der Waals surface area contributed by atoms with E-state index < -0.39 is 0 Å². The van der Waals surface area contributed by atoms with Gasteiger partial charge in [-0.2, -0.15) is 0 Å². The van der Waals surface area contributed by atoms with Gasteiger partial charge in [-0.25, -0.2) is 0 Å². The quantitative estimate of drug-likeness (QED) is 0.902. The molecule has 0 bridgehead atoms. The molecule has 1 fully saturated rings. The van der Waals surface area contributed by atoms with Crippen molar-refractivity contribution in [3.63, 3.8) is 0 Å². The zero-order valence-corrected chi connectivity index (χ0v) is 13.5. The Kier molecular flexibility index (Phi) is 5.80. The number of piperidine rings is 1. The van der Waals surface area contributed by atoms with E-state index >= 15 is 0 Å². The van der Waals surface area contributed by atoms with E-state index in [0.717, 1.165) is 19.0 Å². The minimum atomic E-state index is 0.0443. The first kappa shape index (κ1) is 16.0. The number of hydrogen-bond donors (Lipinski definition) is 1. The molecule has 1 aromatic rings. The van der Waals surface area contributed by atoms with Crippen molar-refractivity contribution in [3.8, 4) is 0 Å². The summed E-state index contributed by atoms with van der Waals surface area (Å²) in [6, 6.07) is 10.8. The minimum Gasteiger partial charge on any atom is -0.354 e. The van der Waals surface area contributed by atoms with Crippen molar-refractivity contribution in [1.82, 2.24) is 10.2 Å². The van der Waals surface area contributed by atoms with Crippen molar-refractivity contribution in [2.24, 2.45) is 11.8 Å². The summed E-state index contributed by atoms with van der Waals surface area (Å²) in [6.07, 6.45) is 2.50. The first-order chi connectivity index (χ1) is 10.1. The van der Waals surface area contributed by atoms with Crippen LogP contribution in [-0.2, 0) is 4.79 Å². The predicted molar refractivity (Wildman–Crippen MR) is 87.0 cm³/mol. The van der Waals surface area contributed by atoms with Crippen LogP contribution in [0.2, 0.25) is 0 Å². The second-order valence-electron chi connectivity index (χ2n) is 6.54. The van der Waals surface area contributed by atoms with Crippen LogP contribution in [0.4, 0.5) is 0 Å². The Morgan fingerprint density at radius 1 is 1.24 bits per heavy atom. The van der Waals surface area contributed by atoms with E-state index in [4.69, 9.17) is 0 Å². The summed E-state index contributed by atoms with van der Waals surface area (Å²) in [6.45, 7) is 9.16. The molecular weight excluding hydrogens is 260 g/mol. The van der Waals surface area contributed by atoms with Crippen LogP contribution in [0.5, 0.6) is 0 Å². The number of nitrogens with zero attached hydrogens (tertiary/aromatic N) is 1. The van der Waals surface area contributed by atoms with Gasteiger partial charge in [0.2, 0.25) is 5.91 Å². The molecule has 2 rings (SSSR count). The molecular formula is C18H28N2O. The van der Waals surface area contributed by atoms with Gasteiger partial charge in [-0.15, -0.1) is 0 Å². The molecule has 0 saturated carbocycles. The fourth-order valence-electron chi connectivity index (χ4n) is 2.87. The van der Waals surface area contributed by atoms with E-state index in [1.165, 1.54) is 18.4 Å². The second kappa shape index (κ2) is 7.60. The Bertz CT molecular complexity index is 436. The summed E-state index contributed by atoms with van der Waals surface area (Å²) < 4.78 is 0. The highest BCUT2D eigenvalue weighted by Gasteiger charge is 2.25. The molecule has 1 aliphatic rings. The first-order valence-electron chi connectivity index (χ1n) is 8.14. The molecule has 1 heterocycles. The van der Waals surface area contributed by atoms with Crippen molar-refractivity contribution < 1.29 is 4.79 Å². The van der Waals surface area contributed by atoms with Gasteiger partial charge in [0.1, 0.15) is 0 Å². The number of likely N-dealkylation sites (tertiary alicyclic amines) is 1. The van der Waals surface area contributed by atoms with Crippen molar-refractivity contribution in [2.75, 3.05) is 19.6 Å². The maximum Gasteiger partial charge on any atom is 0.222 e. The molecule has 1 amide bonds. The third kappa shape index (κ3) is 4.57. The summed E-state index contributed by atoms with van der Waals surface area (Å²) >= 11 is 0. The maximum absolute atomic E-state index is 11.9. The molecule has 0 spiro atoms. The van der Waals surface area contributed by atoms with Crippen molar-refractivity contribution >= 4 is 5.91 Å². The lowest BCUT2D eigenvalue weighted by molar-refractivity contribution is -0.124. The van der Waals surface area contributed by atoms with Gasteiger partial charge in [-0.3, -0.25) is 9.69 Å². The molecule has 0 aromatic heterocycles. The van der Waals surface area contributed by atoms with Crippen LogP contribution in [0.25, 0.3) is 0 Å². The van der Waals surface area contributed by atoms with Gasteiger partial charge in [-0.1, -0.05) is 51.1 Å². The van der Waals surface area contributed by atoms with Gasteiger partial charge in [0.05, 0.1) is 6.04 Å². The van der Waals surface area contributed by atoms with Crippen LogP contribution < -0.4 is 5.32 Å². The Labute approximate surface area is 128 Å². The Morgan fingerprint density at radius 3 is 2.43 bits per heavy atom. The molecule has 21 heavy (non-hydrogen) atoms. The van der Waals surface area contributed by atoms with Crippen molar-refractivity contribution in [2.45, 2.75) is 39.7 Å². The highest BCUT2D eigenvalue weighted by atomic mass is 16.1. The molecule has 0 aliphatic carbocycles. The van der Waals surface area contributed by atoms with Crippen LogP contribution in [0, 0.1) is 11.8 Å². The molecule has 116 valence electrons. The largest absolute Gasteiger partial charge is 0.354 e. The summed E-state index contributed by atoms with van der Waals surface area (Å²) in [5.41, 5.74) is 1.30. The fourth-order valence-corrected chi connectivity index (χ4v) is 2.87. The maximum atomic E-state index is 11.9. The second-order valence-corrected chi connectivity index (χ2v) is 6.54. The average Bonchev–Trinajstić information content (AvgIpc) is 2.50. The van der Waals surface area contributed by atoms with Crippen molar-refractivity contribution in [1.29, 1.82) is 0 Å². The molecule has 1 unspecified atom stereocenters. The van der Waals surface area contributed by atoms with Gasteiger partial charge in [-0.05, 0) is 37.4 Å². The topological polar surface area (TPSA) is 32.3 Å². The Balaban J connectivity index is 2.05. The van der Waals surface area contributed by atoms with Crippen LogP contribution in [-0.4, -0.2) is 30.4 Å². The van der Waals surface area contributed by atoms with E-state index in [1.807, 2.05) is 19.9 Å². The fraction of sp³-hybridized carbons (Fsp3) is 0.611. The number of rotatable bonds is 5. The smallest absolute Gasteiger partial charge is 0.222 e. The molecule has 1 aromatic carbocycles. The molecule has 0 radical (unpaired) electrons. The molecule has 3 nitrogen and oxygen atoms in total. The van der Waals surface area contributed by atoms with E-state index in [2.05, 4.69) is 41.4 Å². The molecule has 1 aliphatic heterocycles. The van der Waals surface area contributed by atoms with E-state index in [0.29, 0.717) is 12.6 Å². The van der Waals surface area contributed by atoms with Gasteiger partial charge in [0, 0.05) is 12.5 Å². The number of carbonyl (C=O) groups excluding carboxylic acids is 1. The van der Waals surface area contributed by atoms with E-state index in [-0.39, 0.29) is 11.8 Å². The van der Waals surface area contributed by atoms with Gasteiger partial charge >= 0.3 is 0 Å². The van der Waals surface area contributed by atoms with Gasteiger partial charge in [0.15, 0.2) is 0 Å². The Morgan fingerprint density at radius 2 is 1.86 bits per heavy atom. The van der Waals surface area contributed by atoms with Crippen LogP contribution >= 0.6 is 0 Å². The van der Waals surface area contributed by atoms with Crippen LogP contribution in [0.3, 0.4) is 0 Å². The summed E-state index contributed by atoms with van der Waals surface area (Å²) in [4.78, 5) is 14.4. The molecule has 1 N–H and O–H groups in total. The van der Waals surface area contributed by atoms with Crippen molar-refractivity contribution in [3.05, 3.63) is 35.9 Å². The molecule has 3 heteroatoms. The zero-order chi connectivity index (χ0) is 15.2. The number of hydrogen-bond acceptors (Lipinski definition) is 2. The monoisotopic (exact) mass is 288 g/mol. The minimum absolute atomic E-state index is 0.0443. The van der Waals surface area contributed by atoms with Crippen LogP contribution in [0.1, 0.15) is 45.2 Å². The molecule has 1 saturated heterocycles. The first-order valence-corrected chi connectivity index (χ1v) is 8.14. The van der Waals surface area contributed by atoms with E-state index in [1.54, 1.807) is 0 Å². The lowest BCUT2D eigenvalue weighted by Gasteiger charge is -2.37. The third-order valence-corrected chi connectivity index (χ3v) is 4.44. The Hall–Kier alpha value is -1.35. The van der Waals surface area contributed by atoms with Gasteiger partial charge in [0.25, 0.3) is 0 Å². The summed E-state index contributed by atoms with van der Waals surface area (Å²) in [5.74, 6) is 1.01. The summed E-state index contributed by atoms with van der Waals surface area (Å²) in [7, 11) is 0. The lowest BCUT2D eigenvalue weighted by Crippen LogP contribution is -2.42. The third-order valence-electron chi connectivity index (χ3n) is 4.44. The number of nitrogens with one attached hydrogen (secondary N) is 1. The molecule has 1 atom stereocenters. The number of carbonyl (C=O) groups is 1. The lowest BCUT2D eigenvalue weighted by atomic mass is 9.95. The highest BCUT2D eigenvalue weighted by molar-refractivity contribution is 5.77.